The largest absolute Gasteiger partial charge is 0.261 e. The van der Waals surface area contributed by atoms with E-state index in [0.29, 0.717) is 11.8 Å². The van der Waals surface area contributed by atoms with Crippen LogP contribution in [0.25, 0.3) is 17.2 Å². The molecule has 0 bridgehead atoms. The first-order valence-electron chi connectivity index (χ1n) is 9.34. The van der Waals surface area contributed by atoms with Crippen LogP contribution in [0.4, 0.5) is 0 Å². The molecular weight excluding hydrogens is 302 g/mol. The first kappa shape index (κ1) is 16.1. The Balaban J connectivity index is 1.61. The Morgan fingerprint density at radius 3 is 2.80 bits per heavy atom. The molecule has 0 saturated carbocycles. The van der Waals surface area contributed by atoms with Crippen LogP contribution < -0.4 is 0 Å². The van der Waals surface area contributed by atoms with Crippen LogP contribution in [-0.2, 0) is 6.42 Å². The van der Waals surface area contributed by atoms with Gasteiger partial charge in [-0.15, -0.1) is 0 Å². The van der Waals surface area contributed by atoms with Gasteiger partial charge in [0, 0.05) is 17.8 Å². The van der Waals surface area contributed by atoms with Crippen molar-refractivity contribution in [1.29, 1.82) is 0 Å². The van der Waals surface area contributed by atoms with Crippen molar-refractivity contribution in [2.45, 2.75) is 39.5 Å². The zero-order valence-corrected chi connectivity index (χ0v) is 15.3. The number of aromatic nitrogens is 1. The third-order valence-electron chi connectivity index (χ3n) is 5.40. The monoisotopic (exact) mass is 327 g/mol. The quantitative estimate of drug-likeness (QED) is 0.644. The zero-order chi connectivity index (χ0) is 17.4. The molecule has 1 heteroatoms. The van der Waals surface area contributed by atoms with E-state index in [0.717, 1.165) is 18.5 Å². The van der Waals surface area contributed by atoms with E-state index in [1.807, 2.05) is 6.20 Å². The number of hydrogen-bond donors (Lipinski definition) is 0. The molecule has 1 nitrogen and oxygen atoms in total. The summed E-state index contributed by atoms with van der Waals surface area (Å²) in [5, 5.41) is 0. The van der Waals surface area contributed by atoms with Gasteiger partial charge in [-0.2, -0.15) is 0 Å². The predicted octanol–water partition coefficient (Wildman–Crippen LogP) is 6.28. The maximum absolute atomic E-state index is 4.42. The Hall–Kier alpha value is -2.41. The van der Waals surface area contributed by atoms with Gasteiger partial charge in [-0.1, -0.05) is 57.2 Å². The molecule has 2 aromatic rings. The minimum Gasteiger partial charge on any atom is -0.261 e. The van der Waals surface area contributed by atoms with Crippen molar-refractivity contribution >= 4 is 17.2 Å². The zero-order valence-electron chi connectivity index (χ0n) is 15.3. The fourth-order valence-electron chi connectivity index (χ4n) is 3.89. The topological polar surface area (TPSA) is 12.9 Å². The molecule has 0 saturated heterocycles. The summed E-state index contributed by atoms with van der Waals surface area (Å²) < 4.78 is 0. The molecule has 0 aliphatic heterocycles. The van der Waals surface area contributed by atoms with E-state index >= 15 is 0 Å². The van der Waals surface area contributed by atoms with E-state index < -0.39 is 0 Å². The Bertz CT molecular complexity index is 896. The minimum atomic E-state index is 0.567. The molecular formula is C24H25N. The van der Waals surface area contributed by atoms with Gasteiger partial charge in [0.25, 0.3) is 0 Å². The molecule has 1 aromatic heterocycles. The number of fused-ring (bicyclic) bond motifs is 1. The summed E-state index contributed by atoms with van der Waals surface area (Å²) >= 11 is 0. The van der Waals surface area contributed by atoms with Crippen LogP contribution in [-0.4, -0.2) is 4.98 Å². The third kappa shape index (κ3) is 3.00. The molecule has 0 N–H and O–H groups in total. The lowest BCUT2D eigenvalue weighted by atomic mass is 9.89. The normalized spacial score (nSPS) is 18.5. The number of rotatable bonds is 4. The van der Waals surface area contributed by atoms with E-state index in [1.165, 1.54) is 33.4 Å². The van der Waals surface area contributed by atoms with Crippen LogP contribution in [0.15, 0.2) is 54.8 Å². The summed E-state index contributed by atoms with van der Waals surface area (Å²) in [4.78, 5) is 4.42. The van der Waals surface area contributed by atoms with Gasteiger partial charge in [-0.05, 0) is 70.4 Å². The molecule has 0 spiro atoms. The molecule has 1 unspecified atom stereocenters. The third-order valence-corrected chi connectivity index (χ3v) is 5.40. The van der Waals surface area contributed by atoms with E-state index in [-0.39, 0.29) is 0 Å². The Kier molecular flexibility index (Phi) is 4.17. The average molecular weight is 327 g/mol. The number of benzene rings is 1. The van der Waals surface area contributed by atoms with Gasteiger partial charge in [0.15, 0.2) is 0 Å². The summed E-state index contributed by atoms with van der Waals surface area (Å²) in [5.41, 5.74) is 9.39. The lowest BCUT2D eigenvalue weighted by Gasteiger charge is -2.15. The minimum absolute atomic E-state index is 0.567. The van der Waals surface area contributed by atoms with Crippen LogP contribution in [0.2, 0.25) is 0 Å². The fourth-order valence-corrected chi connectivity index (χ4v) is 3.89. The summed E-state index contributed by atoms with van der Waals surface area (Å²) in [6, 6.07) is 11.3. The second kappa shape index (κ2) is 6.48. The highest BCUT2D eigenvalue weighted by atomic mass is 14.7. The highest BCUT2D eigenvalue weighted by molar-refractivity contribution is 5.90. The van der Waals surface area contributed by atoms with Crippen LogP contribution >= 0.6 is 0 Å². The van der Waals surface area contributed by atoms with Crippen LogP contribution in [0, 0.1) is 5.92 Å². The Labute approximate surface area is 150 Å². The molecule has 0 fully saturated rings. The van der Waals surface area contributed by atoms with E-state index in [1.54, 1.807) is 0 Å². The Morgan fingerprint density at radius 1 is 1.12 bits per heavy atom. The molecule has 2 aliphatic rings. The predicted molar refractivity (Wildman–Crippen MR) is 107 cm³/mol. The van der Waals surface area contributed by atoms with Crippen molar-refractivity contribution in [3.05, 3.63) is 82.7 Å². The smallest absolute Gasteiger partial charge is 0.0406 e. The molecule has 2 aliphatic carbocycles. The van der Waals surface area contributed by atoms with E-state index in [9.17, 15) is 0 Å². The standard InChI is InChI=1S/C24H25N/c1-4-22-15-20(11-12-25-22)18-6-5-17(13-18)19-7-10-24-21(14-19)8-9-23(24)16(2)3/h5,7-16,23H,4,6H2,1-3H3. The SMILES string of the molecule is CCc1cc(C2=CC(c3ccc4c(c3)C=CC4C(C)C)=CC2)ccn1. The van der Waals surface area contributed by atoms with Gasteiger partial charge < -0.3 is 0 Å². The first-order valence-corrected chi connectivity index (χ1v) is 9.34. The molecule has 1 aromatic carbocycles. The van der Waals surface area contributed by atoms with E-state index in [4.69, 9.17) is 0 Å². The summed E-state index contributed by atoms with van der Waals surface area (Å²) in [5.74, 6) is 1.22. The summed E-state index contributed by atoms with van der Waals surface area (Å²) in [7, 11) is 0. The number of nitrogens with zero attached hydrogens (tertiary/aromatic N) is 1. The first-order chi connectivity index (χ1) is 12.2. The van der Waals surface area contributed by atoms with Gasteiger partial charge in [0.05, 0.1) is 0 Å². The van der Waals surface area contributed by atoms with Crippen molar-refractivity contribution in [3.63, 3.8) is 0 Å². The number of allylic oxidation sites excluding steroid dienone is 5. The number of hydrogen-bond acceptors (Lipinski definition) is 1. The molecule has 1 atom stereocenters. The van der Waals surface area contributed by atoms with Crippen molar-refractivity contribution in [3.8, 4) is 0 Å². The highest BCUT2D eigenvalue weighted by Gasteiger charge is 2.21. The van der Waals surface area contributed by atoms with Gasteiger partial charge in [0.1, 0.15) is 0 Å². The van der Waals surface area contributed by atoms with Gasteiger partial charge in [-0.25, -0.2) is 0 Å². The molecule has 0 amide bonds. The molecule has 1 heterocycles. The van der Waals surface area contributed by atoms with Gasteiger partial charge in [0.2, 0.25) is 0 Å². The van der Waals surface area contributed by atoms with Crippen molar-refractivity contribution in [2.24, 2.45) is 5.92 Å². The lowest BCUT2D eigenvalue weighted by Crippen LogP contribution is -2.01. The van der Waals surface area contributed by atoms with Crippen LogP contribution in [0.5, 0.6) is 0 Å². The maximum atomic E-state index is 4.42. The Morgan fingerprint density at radius 2 is 2.00 bits per heavy atom. The number of pyridine rings is 1. The van der Waals surface area contributed by atoms with E-state index in [2.05, 4.69) is 80.4 Å². The molecule has 25 heavy (non-hydrogen) atoms. The average Bonchev–Trinajstić information content (AvgIpc) is 3.28. The summed E-state index contributed by atoms with van der Waals surface area (Å²) in [6.07, 6.45) is 13.3. The second-order valence-electron chi connectivity index (χ2n) is 7.40. The van der Waals surface area contributed by atoms with Crippen LogP contribution in [0.3, 0.4) is 0 Å². The fraction of sp³-hybridized carbons (Fsp3) is 0.292. The van der Waals surface area contributed by atoms with Crippen molar-refractivity contribution < 1.29 is 0 Å². The van der Waals surface area contributed by atoms with Gasteiger partial charge >= 0.3 is 0 Å². The molecule has 4 rings (SSSR count). The number of aryl methyl sites for hydroxylation is 1. The van der Waals surface area contributed by atoms with Gasteiger partial charge in [-0.3, -0.25) is 4.98 Å². The van der Waals surface area contributed by atoms with Crippen molar-refractivity contribution in [1.82, 2.24) is 4.98 Å². The molecule has 126 valence electrons. The van der Waals surface area contributed by atoms with Crippen LogP contribution in [0.1, 0.15) is 61.1 Å². The maximum Gasteiger partial charge on any atom is 0.0406 e. The molecule has 0 radical (unpaired) electrons. The highest BCUT2D eigenvalue weighted by Crippen LogP contribution is 2.38. The second-order valence-corrected chi connectivity index (χ2v) is 7.40. The van der Waals surface area contributed by atoms with Crippen molar-refractivity contribution in [2.75, 3.05) is 0 Å². The lowest BCUT2D eigenvalue weighted by molar-refractivity contribution is 0.584. The summed E-state index contributed by atoms with van der Waals surface area (Å²) in [6.45, 7) is 6.75.